The van der Waals surface area contributed by atoms with Crippen LogP contribution in [0.25, 0.3) is 11.0 Å². The van der Waals surface area contributed by atoms with Crippen LogP contribution in [0.1, 0.15) is 0 Å². The van der Waals surface area contributed by atoms with Gasteiger partial charge in [0.15, 0.2) is 5.16 Å². The lowest BCUT2D eigenvalue weighted by atomic mass is 10.3. The van der Waals surface area contributed by atoms with Crippen molar-refractivity contribution in [2.75, 3.05) is 0 Å². The topological polar surface area (TPSA) is 66.0 Å². The molecule has 0 spiro atoms. The number of aromatic amines is 1. The zero-order valence-electron chi connectivity index (χ0n) is 7.68. The van der Waals surface area contributed by atoms with Gasteiger partial charge < -0.3 is 10.1 Å². The van der Waals surface area contributed by atoms with Gasteiger partial charge in [0, 0.05) is 6.08 Å². The molecule has 0 aliphatic rings. The molecule has 5 heteroatoms. The fraction of sp³-hybridized carbons (Fsp3) is 0. The third kappa shape index (κ3) is 2.38. The quantitative estimate of drug-likeness (QED) is 0.615. The van der Waals surface area contributed by atoms with E-state index >= 15 is 0 Å². The average molecular weight is 220 g/mol. The van der Waals surface area contributed by atoms with Crippen LogP contribution in [0.15, 0.2) is 40.9 Å². The number of imidazole rings is 1. The van der Waals surface area contributed by atoms with Crippen LogP contribution in [-0.4, -0.2) is 21.0 Å². The van der Waals surface area contributed by atoms with Crippen LogP contribution in [0.2, 0.25) is 0 Å². The number of nitrogens with one attached hydrogen (secondary N) is 1. The number of aliphatic carboxylic acids is 1. The number of H-pyrrole nitrogens is 1. The Labute approximate surface area is 90.0 Å². The molecule has 1 heterocycles. The molecule has 0 unspecified atom stereocenters. The summed E-state index contributed by atoms with van der Waals surface area (Å²) in [5.74, 6) is -0.960. The molecule has 0 saturated carbocycles. The van der Waals surface area contributed by atoms with Crippen molar-refractivity contribution in [3.05, 3.63) is 35.7 Å². The molecule has 1 aromatic carbocycles. The van der Waals surface area contributed by atoms with Gasteiger partial charge in [0.2, 0.25) is 0 Å². The second-order valence-electron chi connectivity index (χ2n) is 2.82. The van der Waals surface area contributed by atoms with E-state index < -0.39 is 5.97 Å². The zero-order valence-corrected chi connectivity index (χ0v) is 8.49. The number of rotatable bonds is 3. The third-order valence-corrected chi connectivity index (χ3v) is 2.45. The number of carboxylic acid groups (broad SMARTS) is 1. The average Bonchev–Trinajstić information content (AvgIpc) is 2.59. The van der Waals surface area contributed by atoms with Crippen LogP contribution >= 0.6 is 11.8 Å². The standard InChI is InChI=1S/C10H8N2O2S/c13-9(14)5-6-15-10-11-7-3-1-2-4-8(7)12-10/h1-6H,(H,11,12)(H,13,14)/b6-5-. The van der Waals surface area contributed by atoms with E-state index in [2.05, 4.69) is 9.97 Å². The van der Waals surface area contributed by atoms with Crippen molar-refractivity contribution in [2.24, 2.45) is 0 Å². The molecule has 0 radical (unpaired) electrons. The molecule has 0 aliphatic heterocycles. The molecule has 4 nitrogen and oxygen atoms in total. The third-order valence-electron chi connectivity index (χ3n) is 1.76. The molecule has 0 bridgehead atoms. The molecule has 0 amide bonds. The van der Waals surface area contributed by atoms with Crippen LogP contribution in [0.4, 0.5) is 0 Å². The first-order valence-electron chi connectivity index (χ1n) is 4.26. The van der Waals surface area contributed by atoms with Gasteiger partial charge in [-0.1, -0.05) is 23.9 Å². The van der Waals surface area contributed by atoms with Crippen LogP contribution in [0, 0.1) is 0 Å². The van der Waals surface area contributed by atoms with Crippen LogP contribution in [0.3, 0.4) is 0 Å². The van der Waals surface area contributed by atoms with E-state index in [-0.39, 0.29) is 0 Å². The summed E-state index contributed by atoms with van der Waals surface area (Å²) in [5.41, 5.74) is 1.83. The Balaban J connectivity index is 2.19. The van der Waals surface area contributed by atoms with Gasteiger partial charge in [-0.25, -0.2) is 9.78 Å². The summed E-state index contributed by atoms with van der Waals surface area (Å²) >= 11 is 1.25. The van der Waals surface area contributed by atoms with E-state index in [9.17, 15) is 4.79 Å². The summed E-state index contributed by atoms with van der Waals surface area (Å²) in [6, 6.07) is 7.65. The lowest BCUT2D eigenvalue weighted by Gasteiger charge is -1.85. The van der Waals surface area contributed by atoms with Crippen molar-refractivity contribution in [3.8, 4) is 0 Å². The SMILES string of the molecule is O=C(O)/C=C\Sc1nc2ccccc2[nH]1. The van der Waals surface area contributed by atoms with Crippen LogP contribution in [0.5, 0.6) is 0 Å². The van der Waals surface area contributed by atoms with Gasteiger partial charge in [-0.05, 0) is 17.5 Å². The van der Waals surface area contributed by atoms with Gasteiger partial charge in [0.1, 0.15) is 0 Å². The van der Waals surface area contributed by atoms with E-state index in [0.717, 1.165) is 17.1 Å². The molecule has 0 fully saturated rings. The predicted octanol–water partition coefficient (Wildman–Crippen LogP) is 2.25. The van der Waals surface area contributed by atoms with Crippen molar-refractivity contribution in [2.45, 2.75) is 5.16 Å². The number of para-hydroxylation sites is 2. The van der Waals surface area contributed by atoms with Gasteiger partial charge in [0.25, 0.3) is 0 Å². The van der Waals surface area contributed by atoms with Gasteiger partial charge in [-0.15, -0.1) is 0 Å². The van der Waals surface area contributed by atoms with Crippen molar-refractivity contribution in [1.82, 2.24) is 9.97 Å². The van der Waals surface area contributed by atoms with Gasteiger partial charge in [-0.2, -0.15) is 0 Å². The van der Waals surface area contributed by atoms with Crippen molar-refractivity contribution >= 4 is 28.8 Å². The molecule has 2 N–H and O–H groups in total. The number of nitrogens with zero attached hydrogens (tertiary/aromatic N) is 1. The maximum atomic E-state index is 10.2. The highest BCUT2D eigenvalue weighted by Gasteiger charge is 2.00. The Bertz CT molecular complexity index is 486. The smallest absolute Gasteiger partial charge is 0.328 e. The summed E-state index contributed by atoms with van der Waals surface area (Å²) in [7, 11) is 0. The highest BCUT2D eigenvalue weighted by Crippen LogP contribution is 2.19. The molecule has 2 aromatic rings. The number of benzene rings is 1. The van der Waals surface area contributed by atoms with Gasteiger partial charge in [-0.3, -0.25) is 0 Å². The first-order valence-corrected chi connectivity index (χ1v) is 5.14. The van der Waals surface area contributed by atoms with Gasteiger partial charge in [0.05, 0.1) is 11.0 Å². The highest BCUT2D eigenvalue weighted by molar-refractivity contribution is 8.02. The van der Waals surface area contributed by atoms with Crippen LogP contribution in [-0.2, 0) is 4.79 Å². The molecule has 76 valence electrons. The second-order valence-corrected chi connectivity index (χ2v) is 3.71. The number of carboxylic acids is 1. The summed E-state index contributed by atoms with van der Waals surface area (Å²) < 4.78 is 0. The van der Waals surface area contributed by atoms with Crippen molar-refractivity contribution in [3.63, 3.8) is 0 Å². The summed E-state index contributed by atoms with van der Waals surface area (Å²) in [6.45, 7) is 0. The number of hydrogen-bond acceptors (Lipinski definition) is 3. The number of aromatic nitrogens is 2. The predicted molar refractivity (Wildman–Crippen MR) is 58.7 cm³/mol. The Morgan fingerprint density at radius 2 is 2.27 bits per heavy atom. The molecule has 15 heavy (non-hydrogen) atoms. The Morgan fingerprint density at radius 1 is 1.47 bits per heavy atom. The number of hydrogen-bond donors (Lipinski definition) is 2. The van der Waals surface area contributed by atoms with E-state index in [1.54, 1.807) is 0 Å². The number of thioether (sulfide) groups is 1. The maximum absolute atomic E-state index is 10.2. The molecule has 1 aromatic heterocycles. The summed E-state index contributed by atoms with van der Waals surface area (Å²) in [4.78, 5) is 17.6. The van der Waals surface area contributed by atoms with E-state index in [4.69, 9.17) is 5.11 Å². The Kier molecular flexibility index (Phi) is 2.73. The first-order chi connectivity index (χ1) is 7.25. The minimum Gasteiger partial charge on any atom is -0.478 e. The summed E-state index contributed by atoms with van der Waals surface area (Å²) in [6.07, 6.45) is 1.08. The van der Waals surface area contributed by atoms with Crippen molar-refractivity contribution < 1.29 is 9.90 Å². The minimum absolute atomic E-state index is 0.689. The number of fused-ring (bicyclic) bond motifs is 1. The largest absolute Gasteiger partial charge is 0.478 e. The van der Waals surface area contributed by atoms with E-state index in [0.29, 0.717) is 5.16 Å². The molecular weight excluding hydrogens is 212 g/mol. The molecule has 0 aliphatic carbocycles. The van der Waals surface area contributed by atoms with E-state index in [1.165, 1.54) is 17.2 Å². The fourth-order valence-electron chi connectivity index (χ4n) is 1.14. The summed E-state index contributed by atoms with van der Waals surface area (Å²) in [5, 5.41) is 10.6. The molecular formula is C10H8N2O2S. The zero-order chi connectivity index (χ0) is 10.7. The Hall–Kier alpha value is -1.75. The van der Waals surface area contributed by atoms with Crippen molar-refractivity contribution in [1.29, 1.82) is 0 Å². The minimum atomic E-state index is -0.960. The lowest BCUT2D eigenvalue weighted by Crippen LogP contribution is -1.84. The fourth-order valence-corrected chi connectivity index (χ4v) is 1.78. The molecule has 0 atom stereocenters. The monoisotopic (exact) mass is 220 g/mol. The molecule has 2 rings (SSSR count). The maximum Gasteiger partial charge on any atom is 0.328 e. The highest BCUT2D eigenvalue weighted by atomic mass is 32.2. The molecule has 0 saturated heterocycles. The second kappa shape index (κ2) is 4.18. The van der Waals surface area contributed by atoms with Crippen LogP contribution < -0.4 is 0 Å². The van der Waals surface area contributed by atoms with Gasteiger partial charge >= 0.3 is 5.97 Å². The first kappa shape index (κ1) is 9.79. The van der Waals surface area contributed by atoms with E-state index in [1.807, 2.05) is 24.3 Å². The normalized spacial score (nSPS) is 11.2. The lowest BCUT2D eigenvalue weighted by molar-refractivity contribution is -0.131. The number of carbonyl (C=O) groups is 1. The Morgan fingerprint density at radius 3 is 3.00 bits per heavy atom.